The van der Waals surface area contributed by atoms with E-state index < -0.39 is 0 Å². The quantitative estimate of drug-likeness (QED) is 0.793. The molecule has 1 aliphatic carbocycles. The van der Waals surface area contributed by atoms with Crippen molar-refractivity contribution in [1.29, 1.82) is 0 Å². The van der Waals surface area contributed by atoms with Gasteiger partial charge in [0.2, 0.25) is 0 Å². The first-order chi connectivity index (χ1) is 8.83. The maximum absolute atomic E-state index is 4.50. The van der Waals surface area contributed by atoms with Crippen LogP contribution in [0.5, 0.6) is 0 Å². The minimum absolute atomic E-state index is 0.638. The van der Waals surface area contributed by atoms with Crippen molar-refractivity contribution in [2.45, 2.75) is 45.1 Å². The van der Waals surface area contributed by atoms with Gasteiger partial charge < -0.3 is 5.32 Å². The van der Waals surface area contributed by atoms with Gasteiger partial charge in [0.05, 0.1) is 5.52 Å². The minimum atomic E-state index is 0.638. The fourth-order valence-corrected chi connectivity index (χ4v) is 3.65. The highest BCUT2D eigenvalue weighted by molar-refractivity contribution is 7.11. The number of nitrogens with zero attached hydrogens (tertiary/aromatic N) is 1. The minimum Gasteiger partial charge on any atom is -0.372 e. The van der Waals surface area contributed by atoms with E-state index in [-0.39, 0.29) is 0 Å². The van der Waals surface area contributed by atoms with Gasteiger partial charge in [-0.25, -0.2) is 0 Å². The molecule has 2 aromatic rings. The summed E-state index contributed by atoms with van der Waals surface area (Å²) in [5.41, 5.74) is 1.12. The number of hydrogen-bond acceptors (Lipinski definition) is 3. The number of benzene rings is 1. The van der Waals surface area contributed by atoms with Gasteiger partial charge in [0, 0.05) is 11.4 Å². The molecule has 0 spiro atoms. The van der Waals surface area contributed by atoms with Gasteiger partial charge in [0.25, 0.3) is 0 Å². The number of nitrogens with one attached hydrogen (secondary N) is 1. The van der Waals surface area contributed by atoms with E-state index in [2.05, 4.69) is 40.9 Å². The molecule has 1 heterocycles. The zero-order chi connectivity index (χ0) is 12.4. The van der Waals surface area contributed by atoms with Crippen molar-refractivity contribution in [3.63, 3.8) is 0 Å². The van der Waals surface area contributed by atoms with E-state index in [0.717, 1.165) is 11.4 Å². The molecule has 0 saturated heterocycles. The fourth-order valence-electron chi connectivity index (χ4n) is 2.81. The molecule has 0 bridgehead atoms. The molecule has 1 N–H and O–H groups in total. The van der Waals surface area contributed by atoms with Crippen LogP contribution in [0.1, 0.15) is 39.0 Å². The predicted molar refractivity (Wildman–Crippen MR) is 79.3 cm³/mol. The third kappa shape index (κ3) is 2.51. The number of anilines is 1. The Kier molecular flexibility index (Phi) is 3.50. The lowest BCUT2D eigenvalue weighted by Crippen LogP contribution is -2.17. The molecule has 0 amide bonds. The van der Waals surface area contributed by atoms with Crippen molar-refractivity contribution >= 4 is 27.4 Å². The Morgan fingerprint density at radius 3 is 3.00 bits per heavy atom. The first kappa shape index (κ1) is 12.0. The summed E-state index contributed by atoms with van der Waals surface area (Å²) in [5, 5.41) is 6.25. The van der Waals surface area contributed by atoms with E-state index in [1.54, 1.807) is 11.5 Å². The Bertz CT molecular complexity index is 520. The lowest BCUT2D eigenvalue weighted by atomic mass is 10.0. The Morgan fingerprint density at radius 1 is 1.17 bits per heavy atom. The molecule has 3 heteroatoms. The number of rotatable bonds is 2. The van der Waals surface area contributed by atoms with Crippen molar-refractivity contribution in [2.24, 2.45) is 5.92 Å². The largest absolute Gasteiger partial charge is 0.372 e. The molecule has 0 radical (unpaired) electrons. The molecular weight excluding hydrogens is 240 g/mol. The number of aromatic nitrogens is 1. The van der Waals surface area contributed by atoms with E-state index in [0.29, 0.717) is 6.04 Å². The molecular formula is C15H20N2S. The highest BCUT2D eigenvalue weighted by Gasteiger charge is 2.17. The summed E-state index contributed by atoms with van der Waals surface area (Å²) in [4.78, 5) is 0. The lowest BCUT2D eigenvalue weighted by molar-refractivity contribution is 0.502. The van der Waals surface area contributed by atoms with Crippen molar-refractivity contribution in [3.05, 3.63) is 24.3 Å². The molecule has 96 valence electrons. The third-order valence-electron chi connectivity index (χ3n) is 3.98. The second-order valence-electron chi connectivity index (χ2n) is 5.48. The topological polar surface area (TPSA) is 24.9 Å². The highest BCUT2D eigenvalue weighted by atomic mass is 32.1. The molecule has 1 aliphatic rings. The van der Waals surface area contributed by atoms with Crippen LogP contribution in [0.3, 0.4) is 0 Å². The summed E-state index contributed by atoms with van der Waals surface area (Å²) in [6.45, 7) is 2.38. The zero-order valence-electron chi connectivity index (χ0n) is 10.9. The number of hydrogen-bond donors (Lipinski definition) is 1. The molecule has 1 fully saturated rings. The molecule has 1 aromatic carbocycles. The SMILES string of the molecule is CC1CCCC(Nc2snc3ccccc23)CC1. The molecule has 1 saturated carbocycles. The smallest absolute Gasteiger partial charge is 0.117 e. The van der Waals surface area contributed by atoms with Crippen LogP contribution in [-0.4, -0.2) is 10.4 Å². The first-order valence-corrected chi connectivity index (χ1v) is 7.71. The van der Waals surface area contributed by atoms with E-state index in [4.69, 9.17) is 0 Å². The van der Waals surface area contributed by atoms with Gasteiger partial charge in [0.15, 0.2) is 0 Å². The van der Waals surface area contributed by atoms with Gasteiger partial charge in [-0.05, 0) is 48.8 Å². The molecule has 2 nitrogen and oxygen atoms in total. The summed E-state index contributed by atoms with van der Waals surface area (Å²) < 4.78 is 4.50. The Balaban J connectivity index is 1.75. The summed E-state index contributed by atoms with van der Waals surface area (Å²) in [5.74, 6) is 0.898. The van der Waals surface area contributed by atoms with Gasteiger partial charge in [-0.1, -0.05) is 31.9 Å². The molecule has 18 heavy (non-hydrogen) atoms. The zero-order valence-corrected chi connectivity index (χ0v) is 11.7. The summed E-state index contributed by atoms with van der Waals surface area (Å²) in [6.07, 6.45) is 6.70. The highest BCUT2D eigenvalue weighted by Crippen LogP contribution is 2.31. The first-order valence-electron chi connectivity index (χ1n) is 6.94. The Labute approximate surface area is 113 Å². The summed E-state index contributed by atoms with van der Waals surface area (Å²) in [6, 6.07) is 9.04. The fraction of sp³-hybridized carbons (Fsp3) is 0.533. The van der Waals surface area contributed by atoms with Gasteiger partial charge in [-0.2, -0.15) is 4.37 Å². The maximum atomic E-state index is 4.50. The van der Waals surface area contributed by atoms with Crippen LogP contribution >= 0.6 is 11.5 Å². The monoisotopic (exact) mass is 260 g/mol. The van der Waals surface area contributed by atoms with E-state index in [9.17, 15) is 0 Å². The van der Waals surface area contributed by atoms with Crippen LogP contribution in [0.4, 0.5) is 5.00 Å². The lowest BCUT2D eigenvalue weighted by Gasteiger charge is -2.16. The van der Waals surface area contributed by atoms with Crippen molar-refractivity contribution in [2.75, 3.05) is 5.32 Å². The standard InChI is InChI=1S/C15H20N2S/c1-11-5-4-6-12(10-9-11)16-15-13-7-2-3-8-14(13)17-18-15/h2-3,7-8,11-12,16H,4-6,9-10H2,1H3. The molecule has 2 atom stereocenters. The van der Waals surface area contributed by atoms with Gasteiger partial charge in [-0.3, -0.25) is 0 Å². The average Bonchev–Trinajstić information content (AvgIpc) is 2.67. The van der Waals surface area contributed by atoms with E-state index in [1.165, 1.54) is 42.5 Å². The second kappa shape index (κ2) is 5.27. The average molecular weight is 260 g/mol. The van der Waals surface area contributed by atoms with E-state index >= 15 is 0 Å². The van der Waals surface area contributed by atoms with Crippen LogP contribution < -0.4 is 5.32 Å². The van der Waals surface area contributed by atoms with Gasteiger partial charge in [-0.15, -0.1) is 0 Å². The van der Waals surface area contributed by atoms with Crippen LogP contribution in [0, 0.1) is 5.92 Å². The van der Waals surface area contributed by atoms with Crippen LogP contribution in [0.25, 0.3) is 10.9 Å². The summed E-state index contributed by atoms with van der Waals surface area (Å²) in [7, 11) is 0. The normalized spacial score (nSPS) is 24.9. The molecule has 2 unspecified atom stereocenters. The Morgan fingerprint density at radius 2 is 2.06 bits per heavy atom. The predicted octanol–water partition coefficient (Wildman–Crippen LogP) is 4.68. The summed E-state index contributed by atoms with van der Waals surface area (Å²) >= 11 is 1.60. The van der Waals surface area contributed by atoms with E-state index in [1.807, 2.05) is 0 Å². The second-order valence-corrected chi connectivity index (χ2v) is 6.26. The maximum Gasteiger partial charge on any atom is 0.117 e. The van der Waals surface area contributed by atoms with Crippen LogP contribution in [-0.2, 0) is 0 Å². The van der Waals surface area contributed by atoms with Gasteiger partial charge in [0.1, 0.15) is 5.00 Å². The number of fused-ring (bicyclic) bond motifs is 1. The Hall–Kier alpha value is -1.09. The van der Waals surface area contributed by atoms with Crippen molar-refractivity contribution in [3.8, 4) is 0 Å². The van der Waals surface area contributed by atoms with Gasteiger partial charge >= 0.3 is 0 Å². The third-order valence-corrected chi connectivity index (χ3v) is 4.78. The van der Waals surface area contributed by atoms with Crippen LogP contribution in [0.15, 0.2) is 24.3 Å². The van der Waals surface area contributed by atoms with Crippen molar-refractivity contribution < 1.29 is 0 Å². The van der Waals surface area contributed by atoms with Crippen molar-refractivity contribution in [1.82, 2.24) is 4.37 Å². The molecule has 1 aromatic heterocycles. The van der Waals surface area contributed by atoms with Crippen LogP contribution in [0.2, 0.25) is 0 Å². The molecule has 0 aliphatic heterocycles. The molecule has 3 rings (SSSR count).